The predicted molar refractivity (Wildman–Crippen MR) is 122 cm³/mol. The van der Waals surface area contributed by atoms with Gasteiger partial charge in [-0.25, -0.2) is 9.79 Å². The first kappa shape index (κ1) is 19.7. The second-order valence-electron chi connectivity index (χ2n) is 7.44. The Bertz CT molecular complexity index is 929. The van der Waals surface area contributed by atoms with Gasteiger partial charge in [0, 0.05) is 37.2 Å². The highest BCUT2D eigenvalue weighted by Gasteiger charge is 2.40. The molecule has 1 fully saturated rings. The molecule has 2 aromatic rings. The number of aryl methyl sites for hydroxylation is 1. The highest BCUT2D eigenvalue weighted by Crippen LogP contribution is 2.35. The normalized spacial score (nSPS) is 17.8. The summed E-state index contributed by atoms with van der Waals surface area (Å²) in [5.41, 5.74) is 3.75. The highest BCUT2D eigenvalue weighted by atomic mass is 32.2. The number of amides is 2. The van der Waals surface area contributed by atoms with Crippen molar-refractivity contribution in [3.63, 3.8) is 0 Å². The van der Waals surface area contributed by atoms with E-state index in [9.17, 15) is 4.79 Å². The minimum atomic E-state index is -0.429. The largest absolute Gasteiger partial charge is 0.324 e. The molecule has 5 nitrogen and oxygen atoms in total. The first-order valence-corrected chi connectivity index (χ1v) is 11.1. The molecule has 0 atom stereocenters. The zero-order valence-corrected chi connectivity index (χ0v) is 17.7. The van der Waals surface area contributed by atoms with Crippen LogP contribution in [0.1, 0.15) is 30.9 Å². The molecule has 0 saturated carbocycles. The number of nitrogens with zero attached hydrogens (tertiary/aromatic N) is 3. The van der Waals surface area contributed by atoms with E-state index in [0.29, 0.717) is 13.1 Å². The zero-order chi connectivity index (χ0) is 20.3. The van der Waals surface area contributed by atoms with E-state index in [1.54, 1.807) is 11.8 Å². The van der Waals surface area contributed by atoms with Gasteiger partial charge in [0.05, 0.1) is 5.71 Å². The molecule has 2 aliphatic heterocycles. The number of aliphatic imine (C=N–C) groups is 2. The van der Waals surface area contributed by atoms with Crippen LogP contribution in [0.4, 0.5) is 10.5 Å². The summed E-state index contributed by atoms with van der Waals surface area (Å²) >= 11 is 1.75. The van der Waals surface area contributed by atoms with Gasteiger partial charge in [-0.15, -0.1) is 11.8 Å². The number of hydrogen-bond acceptors (Lipinski definition) is 4. The standard InChI is InChI=1S/C23H26N4OS/c1-3-29-21-20(18-11-9-17(2)10-12-18)25-23(26-21)13-15-27(16-14-23)22(28)24-19-7-5-4-6-8-19/h4-12H,3,13-16H2,1-2H3,(H,24,28). The van der Waals surface area contributed by atoms with Crippen molar-refractivity contribution in [1.82, 2.24) is 4.90 Å². The average molecular weight is 407 g/mol. The third-order valence-corrected chi connectivity index (χ3v) is 6.16. The van der Waals surface area contributed by atoms with Gasteiger partial charge >= 0.3 is 6.03 Å². The quantitative estimate of drug-likeness (QED) is 0.782. The minimum Gasteiger partial charge on any atom is -0.324 e. The third kappa shape index (κ3) is 4.37. The van der Waals surface area contributed by atoms with Crippen LogP contribution in [0.15, 0.2) is 64.6 Å². The summed E-state index contributed by atoms with van der Waals surface area (Å²) in [6, 6.07) is 18.0. The summed E-state index contributed by atoms with van der Waals surface area (Å²) < 4.78 is 0. The van der Waals surface area contributed by atoms with Gasteiger partial charge in [0.15, 0.2) is 5.66 Å². The molecular formula is C23H26N4OS. The molecule has 6 heteroatoms. The Morgan fingerprint density at radius 3 is 2.41 bits per heavy atom. The number of piperidine rings is 1. The van der Waals surface area contributed by atoms with Crippen molar-refractivity contribution in [3.8, 4) is 0 Å². The van der Waals surface area contributed by atoms with Crippen LogP contribution < -0.4 is 5.32 Å². The number of anilines is 1. The Hall–Kier alpha value is -2.60. The number of carbonyl (C=O) groups excluding carboxylic acids is 1. The summed E-state index contributed by atoms with van der Waals surface area (Å²) in [5.74, 6) is 0.964. The van der Waals surface area contributed by atoms with Gasteiger partial charge in [0.2, 0.25) is 0 Å². The number of urea groups is 1. The number of hydrogen-bond donors (Lipinski definition) is 1. The Morgan fingerprint density at radius 2 is 1.76 bits per heavy atom. The molecule has 0 aromatic heterocycles. The van der Waals surface area contributed by atoms with Crippen LogP contribution in [-0.2, 0) is 0 Å². The van der Waals surface area contributed by atoms with E-state index in [2.05, 4.69) is 43.4 Å². The Labute approximate surface area is 176 Å². The third-order valence-electron chi connectivity index (χ3n) is 5.31. The average Bonchev–Trinajstić information content (AvgIpc) is 3.08. The van der Waals surface area contributed by atoms with Gasteiger partial charge < -0.3 is 10.2 Å². The number of rotatable bonds is 3. The van der Waals surface area contributed by atoms with Gasteiger partial charge in [-0.3, -0.25) is 4.99 Å². The smallest absolute Gasteiger partial charge is 0.321 e. The number of benzene rings is 2. The van der Waals surface area contributed by atoms with Crippen LogP contribution in [0.5, 0.6) is 0 Å². The second kappa shape index (κ2) is 8.41. The van der Waals surface area contributed by atoms with Crippen molar-refractivity contribution in [1.29, 1.82) is 0 Å². The fraction of sp³-hybridized carbons (Fsp3) is 0.348. The molecule has 1 N–H and O–H groups in total. The van der Waals surface area contributed by atoms with Crippen LogP contribution >= 0.6 is 11.8 Å². The Balaban J connectivity index is 1.48. The maximum Gasteiger partial charge on any atom is 0.321 e. The molecule has 2 aliphatic rings. The lowest BCUT2D eigenvalue weighted by molar-refractivity contribution is 0.175. The first-order valence-electron chi connectivity index (χ1n) is 10.1. The van der Waals surface area contributed by atoms with E-state index in [1.165, 1.54) is 5.56 Å². The topological polar surface area (TPSA) is 57.1 Å². The lowest BCUT2D eigenvalue weighted by atomic mass is 9.98. The van der Waals surface area contributed by atoms with Crippen LogP contribution in [0.2, 0.25) is 0 Å². The van der Waals surface area contributed by atoms with Crippen LogP contribution in [-0.4, -0.2) is 46.2 Å². The van der Waals surface area contributed by atoms with E-state index in [1.807, 2.05) is 35.2 Å². The lowest BCUT2D eigenvalue weighted by Gasteiger charge is -2.35. The summed E-state index contributed by atoms with van der Waals surface area (Å²) in [6.45, 7) is 5.53. The lowest BCUT2D eigenvalue weighted by Crippen LogP contribution is -2.46. The Morgan fingerprint density at radius 1 is 1.07 bits per heavy atom. The van der Waals surface area contributed by atoms with Crippen molar-refractivity contribution in [3.05, 3.63) is 65.7 Å². The molecule has 1 spiro atoms. The van der Waals surface area contributed by atoms with Crippen LogP contribution in [0, 0.1) is 6.92 Å². The molecule has 2 aromatic carbocycles. The molecule has 0 bridgehead atoms. The number of likely N-dealkylation sites (tertiary alicyclic amines) is 1. The first-order chi connectivity index (χ1) is 14.1. The van der Waals surface area contributed by atoms with Gasteiger partial charge in [-0.2, -0.15) is 0 Å². The van der Waals surface area contributed by atoms with Crippen molar-refractivity contribution >= 4 is 34.2 Å². The van der Waals surface area contributed by atoms with Gasteiger partial charge in [0.1, 0.15) is 5.04 Å². The molecule has 150 valence electrons. The second-order valence-corrected chi connectivity index (χ2v) is 8.69. The van der Waals surface area contributed by atoms with E-state index in [4.69, 9.17) is 9.98 Å². The highest BCUT2D eigenvalue weighted by molar-refractivity contribution is 8.15. The summed E-state index contributed by atoms with van der Waals surface area (Å²) in [4.78, 5) is 24.6. The molecule has 2 amide bonds. The maximum absolute atomic E-state index is 12.6. The zero-order valence-electron chi connectivity index (χ0n) is 16.9. The number of carbonyl (C=O) groups is 1. The molecule has 1 saturated heterocycles. The summed E-state index contributed by atoms with van der Waals surface area (Å²) in [7, 11) is 0. The minimum absolute atomic E-state index is 0.0566. The van der Waals surface area contributed by atoms with Crippen molar-refractivity contribution < 1.29 is 4.79 Å². The number of para-hydroxylation sites is 1. The summed E-state index contributed by atoms with van der Waals surface area (Å²) in [6.07, 6.45) is 1.50. The molecule has 0 unspecified atom stereocenters. The number of nitrogens with one attached hydrogen (secondary N) is 1. The van der Waals surface area contributed by atoms with E-state index >= 15 is 0 Å². The SMILES string of the molecule is CCSC1=NC2(CCN(C(=O)Nc3ccccc3)CC2)N=C1c1ccc(C)cc1. The summed E-state index contributed by atoms with van der Waals surface area (Å²) in [5, 5.41) is 4.00. The van der Waals surface area contributed by atoms with Crippen LogP contribution in [0.3, 0.4) is 0 Å². The molecule has 2 heterocycles. The van der Waals surface area contributed by atoms with Crippen molar-refractivity contribution in [2.24, 2.45) is 9.98 Å². The molecule has 29 heavy (non-hydrogen) atoms. The fourth-order valence-electron chi connectivity index (χ4n) is 3.68. The van der Waals surface area contributed by atoms with Crippen molar-refractivity contribution in [2.75, 3.05) is 24.2 Å². The Kier molecular flexibility index (Phi) is 5.72. The fourth-order valence-corrected chi connectivity index (χ4v) is 4.48. The maximum atomic E-state index is 12.6. The monoisotopic (exact) mass is 406 g/mol. The molecule has 4 rings (SSSR count). The molecule has 0 aliphatic carbocycles. The van der Waals surface area contributed by atoms with Crippen molar-refractivity contribution in [2.45, 2.75) is 32.4 Å². The van der Waals surface area contributed by atoms with E-state index < -0.39 is 5.66 Å². The van der Waals surface area contributed by atoms with Crippen LogP contribution in [0.25, 0.3) is 0 Å². The van der Waals surface area contributed by atoms with Gasteiger partial charge in [-0.05, 0) is 24.8 Å². The van der Waals surface area contributed by atoms with Gasteiger partial charge in [-0.1, -0.05) is 55.0 Å². The molecule has 0 radical (unpaired) electrons. The predicted octanol–water partition coefficient (Wildman–Crippen LogP) is 4.97. The number of thioether (sulfide) groups is 1. The van der Waals surface area contributed by atoms with Gasteiger partial charge in [0.25, 0.3) is 0 Å². The van der Waals surface area contributed by atoms with E-state index in [-0.39, 0.29) is 6.03 Å². The molecular weight excluding hydrogens is 380 g/mol. The van der Waals surface area contributed by atoms with E-state index in [0.717, 1.165) is 40.6 Å².